The molecule has 0 radical (unpaired) electrons. The number of ether oxygens (including phenoxy) is 4. The van der Waals surface area contributed by atoms with Gasteiger partial charge in [0.25, 0.3) is 5.56 Å². The van der Waals surface area contributed by atoms with E-state index in [0.29, 0.717) is 48.9 Å². The fourth-order valence-corrected chi connectivity index (χ4v) is 7.42. The number of hydrogen-bond acceptors (Lipinski definition) is 8. The minimum Gasteiger partial charge on any atom is -0.493 e. The van der Waals surface area contributed by atoms with Crippen LogP contribution in [-0.2, 0) is 16.1 Å². The minimum atomic E-state index is -0.845. The Morgan fingerprint density at radius 1 is 0.979 bits per heavy atom. The van der Waals surface area contributed by atoms with Gasteiger partial charge in [0.15, 0.2) is 16.3 Å². The van der Waals surface area contributed by atoms with Gasteiger partial charge in [-0.25, -0.2) is 9.79 Å². The SMILES string of the molecule is CCOC(=O)C1=C(C)N=c2s/c(=C\c3c(OCc4ccc(Br)cc4)ccc4ccccc34)c(=O)n2[C@H]1c1cc(OC)c(OC)cc1Br. The van der Waals surface area contributed by atoms with Crippen LogP contribution in [0.4, 0.5) is 0 Å². The Balaban J connectivity index is 1.55. The first-order valence-electron chi connectivity index (χ1n) is 14.7. The Labute approximate surface area is 291 Å². The number of hydrogen-bond donors (Lipinski definition) is 0. The van der Waals surface area contributed by atoms with Crippen LogP contribution in [0.3, 0.4) is 0 Å². The van der Waals surface area contributed by atoms with Crippen LogP contribution < -0.4 is 29.1 Å². The van der Waals surface area contributed by atoms with Gasteiger partial charge in [0, 0.05) is 14.5 Å². The zero-order valence-electron chi connectivity index (χ0n) is 26.0. The maximum Gasteiger partial charge on any atom is 0.338 e. The number of aromatic nitrogens is 1. The summed E-state index contributed by atoms with van der Waals surface area (Å²) in [5.41, 5.74) is 2.83. The highest BCUT2D eigenvalue weighted by Gasteiger charge is 2.35. The van der Waals surface area contributed by atoms with Crippen LogP contribution in [0.25, 0.3) is 16.8 Å². The first kappa shape index (κ1) is 32.7. The molecule has 8 nitrogen and oxygen atoms in total. The van der Waals surface area contributed by atoms with Crippen molar-refractivity contribution < 1.29 is 23.7 Å². The fourth-order valence-electron chi connectivity index (χ4n) is 5.59. The number of rotatable bonds is 9. The van der Waals surface area contributed by atoms with E-state index in [2.05, 4.69) is 31.9 Å². The third kappa shape index (κ3) is 6.39. The van der Waals surface area contributed by atoms with Crippen LogP contribution in [0.15, 0.2) is 103 Å². The highest BCUT2D eigenvalue weighted by molar-refractivity contribution is 9.10. The molecule has 0 N–H and O–H groups in total. The number of fused-ring (bicyclic) bond motifs is 2. The van der Waals surface area contributed by atoms with Gasteiger partial charge < -0.3 is 18.9 Å². The molecule has 1 atom stereocenters. The summed E-state index contributed by atoms with van der Waals surface area (Å²) in [6, 6.07) is 22.5. The van der Waals surface area contributed by atoms with Crippen LogP contribution in [0.1, 0.15) is 36.6 Å². The smallest absolute Gasteiger partial charge is 0.338 e. The van der Waals surface area contributed by atoms with Crippen LogP contribution in [-0.4, -0.2) is 31.4 Å². The van der Waals surface area contributed by atoms with Crippen LogP contribution in [0, 0.1) is 0 Å². The Kier molecular flexibility index (Phi) is 9.67. The van der Waals surface area contributed by atoms with Gasteiger partial charge >= 0.3 is 5.97 Å². The van der Waals surface area contributed by atoms with E-state index in [1.807, 2.05) is 66.7 Å². The van der Waals surface area contributed by atoms with Gasteiger partial charge in [0.05, 0.1) is 42.7 Å². The molecule has 1 aliphatic heterocycles. The van der Waals surface area contributed by atoms with Crippen molar-refractivity contribution in [3.05, 3.63) is 129 Å². The molecule has 1 aromatic heterocycles. The van der Waals surface area contributed by atoms with Crippen molar-refractivity contribution in [1.29, 1.82) is 0 Å². The van der Waals surface area contributed by atoms with E-state index >= 15 is 0 Å². The molecule has 6 rings (SSSR count). The summed E-state index contributed by atoms with van der Waals surface area (Å²) in [4.78, 5) is 33.1. The molecule has 0 saturated heterocycles. The summed E-state index contributed by atoms with van der Waals surface area (Å²) in [6.45, 7) is 4.02. The lowest BCUT2D eigenvalue weighted by Gasteiger charge is -2.26. The van der Waals surface area contributed by atoms with E-state index in [9.17, 15) is 9.59 Å². The zero-order chi connectivity index (χ0) is 33.2. The standard InChI is InChI=1S/C36H30Br2N2O6S/c1-5-45-35(42)32-20(2)39-36-40(33(32)26-16-29(43-3)30(44-4)18-27(26)38)34(41)31(47-36)17-25-24-9-7-6-8-22(24)12-15-28(25)46-19-21-10-13-23(37)14-11-21/h6-18,33H,5,19H2,1-4H3/b31-17-/t33-/m0/s1. The number of carbonyl (C=O) groups is 1. The summed E-state index contributed by atoms with van der Waals surface area (Å²) in [5, 5.41) is 1.95. The Bertz CT molecular complexity index is 2220. The van der Waals surface area contributed by atoms with Crippen molar-refractivity contribution in [3.63, 3.8) is 0 Å². The predicted octanol–water partition coefficient (Wildman–Crippen LogP) is 7.07. The third-order valence-electron chi connectivity index (χ3n) is 7.83. The van der Waals surface area contributed by atoms with E-state index in [1.54, 1.807) is 37.7 Å². The highest BCUT2D eigenvalue weighted by atomic mass is 79.9. The number of thiazole rings is 1. The first-order valence-corrected chi connectivity index (χ1v) is 17.1. The second kappa shape index (κ2) is 13.9. The van der Waals surface area contributed by atoms with Gasteiger partial charge in [-0.1, -0.05) is 85.7 Å². The third-order valence-corrected chi connectivity index (χ3v) is 10.0. The summed E-state index contributed by atoms with van der Waals surface area (Å²) in [5.74, 6) is 1.04. The lowest BCUT2D eigenvalue weighted by atomic mass is 9.95. The molecule has 2 heterocycles. The number of nitrogens with zero attached hydrogens (tertiary/aromatic N) is 2. The van der Waals surface area contributed by atoms with Crippen molar-refractivity contribution in [2.75, 3.05) is 20.8 Å². The zero-order valence-corrected chi connectivity index (χ0v) is 30.0. The molecule has 5 aromatic rings. The van der Waals surface area contributed by atoms with Crippen LogP contribution in [0.5, 0.6) is 17.2 Å². The molecule has 0 saturated carbocycles. The molecule has 0 aliphatic carbocycles. The number of halogens is 2. The molecule has 0 amide bonds. The number of benzene rings is 4. The summed E-state index contributed by atoms with van der Waals surface area (Å²) in [7, 11) is 3.08. The van der Waals surface area contributed by atoms with Crippen molar-refractivity contribution in [2.24, 2.45) is 4.99 Å². The Hall–Kier alpha value is -4.19. The fraction of sp³-hybridized carbons (Fsp3) is 0.194. The van der Waals surface area contributed by atoms with Gasteiger partial charge in [-0.2, -0.15) is 0 Å². The molecule has 0 unspecified atom stereocenters. The van der Waals surface area contributed by atoms with Crippen molar-refractivity contribution in [3.8, 4) is 17.2 Å². The molecule has 4 aromatic carbocycles. The first-order chi connectivity index (χ1) is 22.7. The van der Waals surface area contributed by atoms with E-state index in [-0.39, 0.29) is 17.7 Å². The summed E-state index contributed by atoms with van der Waals surface area (Å²) < 4.78 is 26.5. The van der Waals surface area contributed by atoms with Gasteiger partial charge in [-0.15, -0.1) is 0 Å². The van der Waals surface area contributed by atoms with Gasteiger partial charge in [-0.3, -0.25) is 9.36 Å². The molecule has 1 aliphatic rings. The second-order valence-electron chi connectivity index (χ2n) is 10.6. The maximum atomic E-state index is 14.5. The van der Waals surface area contributed by atoms with Gasteiger partial charge in [0.2, 0.25) is 0 Å². The molecular formula is C36H30Br2N2O6S. The summed E-state index contributed by atoms with van der Waals surface area (Å²) >= 11 is 8.39. The van der Waals surface area contributed by atoms with Gasteiger partial charge in [-0.05, 0) is 72.2 Å². The average molecular weight is 779 g/mol. The lowest BCUT2D eigenvalue weighted by molar-refractivity contribution is -0.139. The monoisotopic (exact) mass is 776 g/mol. The highest BCUT2D eigenvalue weighted by Crippen LogP contribution is 2.41. The quantitative estimate of drug-likeness (QED) is 0.149. The van der Waals surface area contributed by atoms with Crippen LogP contribution in [0.2, 0.25) is 0 Å². The molecule has 11 heteroatoms. The topological polar surface area (TPSA) is 88.4 Å². The minimum absolute atomic E-state index is 0.171. The average Bonchev–Trinajstić information content (AvgIpc) is 3.38. The molecule has 0 spiro atoms. The molecule has 0 fully saturated rings. The van der Waals surface area contributed by atoms with E-state index < -0.39 is 12.0 Å². The van der Waals surface area contributed by atoms with Gasteiger partial charge in [0.1, 0.15) is 12.4 Å². The second-order valence-corrected chi connectivity index (χ2v) is 13.4. The lowest BCUT2D eigenvalue weighted by Crippen LogP contribution is -2.40. The number of allylic oxidation sites excluding steroid dienone is 1. The Morgan fingerprint density at radius 2 is 1.70 bits per heavy atom. The van der Waals surface area contributed by atoms with Crippen molar-refractivity contribution in [1.82, 2.24) is 4.57 Å². The maximum absolute atomic E-state index is 14.5. The number of esters is 1. The Morgan fingerprint density at radius 3 is 2.43 bits per heavy atom. The van der Waals surface area contributed by atoms with Crippen molar-refractivity contribution in [2.45, 2.75) is 26.5 Å². The van der Waals surface area contributed by atoms with E-state index in [1.165, 1.54) is 18.4 Å². The predicted molar refractivity (Wildman–Crippen MR) is 190 cm³/mol. The van der Waals surface area contributed by atoms with Crippen LogP contribution >= 0.6 is 43.2 Å². The molecule has 0 bridgehead atoms. The normalized spacial score (nSPS) is 14.5. The van der Waals surface area contributed by atoms with E-state index in [4.69, 9.17) is 23.9 Å². The molecule has 240 valence electrons. The number of methoxy groups -OCH3 is 2. The van der Waals surface area contributed by atoms with E-state index in [0.717, 1.165) is 26.4 Å². The largest absolute Gasteiger partial charge is 0.493 e. The number of carbonyl (C=O) groups excluding carboxylic acids is 1. The summed E-state index contributed by atoms with van der Waals surface area (Å²) in [6.07, 6.45) is 1.85. The van der Waals surface area contributed by atoms with Crippen molar-refractivity contribution >= 4 is 66.0 Å². The molecular weight excluding hydrogens is 748 g/mol. The molecule has 47 heavy (non-hydrogen) atoms.